The highest BCUT2D eigenvalue weighted by Crippen LogP contribution is 2.22. The average molecular weight is 246 g/mol. The van der Waals surface area contributed by atoms with Crippen molar-refractivity contribution in [1.29, 1.82) is 0 Å². The maximum absolute atomic E-state index is 5.78. The third-order valence-electron chi connectivity index (χ3n) is 2.36. The second-order valence-corrected chi connectivity index (χ2v) is 4.15. The number of nitrogen functional groups attached to an aromatic ring is 1. The molecule has 0 aliphatic carbocycles. The molecule has 0 aliphatic rings. The van der Waals surface area contributed by atoms with Gasteiger partial charge >= 0.3 is 0 Å². The summed E-state index contributed by atoms with van der Waals surface area (Å²) in [7, 11) is 0. The van der Waals surface area contributed by atoms with Crippen molar-refractivity contribution in [1.82, 2.24) is 0 Å². The molecule has 0 unspecified atom stereocenters. The Hall–Kier alpha value is -1.87. The monoisotopic (exact) mass is 245 g/mol. The predicted molar refractivity (Wildman–Crippen MR) is 71.2 cm³/mol. The molecule has 2 N–H and O–H groups in total. The maximum atomic E-state index is 5.78. The minimum absolute atomic E-state index is 0.687. The van der Waals surface area contributed by atoms with Crippen LogP contribution in [0.25, 0.3) is 0 Å². The van der Waals surface area contributed by atoms with E-state index >= 15 is 0 Å². The molecule has 0 saturated carbocycles. The van der Waals surface area contributed by atoms with E-state index in [0.717, 1.165) is 22.6 Å². The quantitative estimate of drug-likeness (QED) is 0.608. The van der Waals surface area contributed by atoms with Crippen molar-refractivity contribution in [3.63, 3.8) is 0 Å². The number of halogens is 1. The molecule has 0 saturated heterocycles. The van der Waals surface area contributed by atoms with Crippen LogP contribution in [0.1, 0.15) is 5.56 Å². The Morgan fingerprint density at radius 3 is 2.18 bits per heavy atom. The van der Waals surface area contributed by atoms with E-state index in [-0.39, 0.29) is 0 Å². The standard InChI is InChI=1S/C13H12ClN3/c1-9-8-12(6-7-13(9)15)17-16-11-4-2-10(14)3-5-11/h2-8H,15H2,1H3. The zero-order chi connectivity index (χ0) is 12.3. The van der Waals surface area contributed by atoms with Crippen LogP contribution in [0.3, 0.4) is 0 Å². The van der Waals surface area contributed by atoms with E-state index in [4.69, 9.17) is 17.3 Å². The summed E-state index contributed by atoms with van der Waals surface area (Å²) in [4.78, 5) is 0. The van der Waals surface area contributed by atoms with Crippen LogP contribution in [0.2, 0.25) is 5.02 Å². The predicted octanol–water partition coefficient (Wildman–Crippen LogP) is 4.65. The number of nitrogens with zero attached hydrogens (tertiary/aromatic N) is 2. The summed E-state index contributed by atoms with van der Waals surface area (Å²) in [5.74, 6) is 0. The van der Waals surface area contributed by atoms with E-state index in [1.807, 2.05) is 37.3 Å². The lowest BCUT2D eigenvalue weighted by molar-refractivity contribution is 1.22. The maximum Gasteiger partial charge on any atom is 0.0861 e. The molecule has 0 fully saturated rings. The van der Waals surface area contributed by atoms with Crippen molar-refractivity contribution in [3.05, 3.63) is 53.1 Å². The lowest BCUT2D eigenvalue weighted by Gasteiger charge is -1.99. The van der Waals surface area contributed by atoms with Gasteiger partial charge in [-0.05, 0) is 55.0 Å². The first-order valence-electron chi connectivity index (χ1n) is 5.18. The SMILES string of the molecule is Cc1cc(N=Nc2ccc(Cl)cc2)ccc1N. The molecule has 0 spiro atoms. The molecule has 0 aromatic heterocycles. The summed E-state index contributed by atoms with van der Waals surface area (Å²) in [6, 6.07) is 12.8. The van der Waals surface area contributed by atoms with Crippen molar-refractivity contribution < 1.29 is 0 Å². The molecule has 0 heterocycles. The topological polar surface area (TPSA) is 50.7 Å². The number of anilines is 1. The van der Waals surface area contributed by atoms with Crippen LogP contribution >= 0.6 is 11.6 Å². The molecule has 2 aromatic carbocycles. The third-order valence-corrected chi connectivity index (χ3v) is 2.61. The smallest absolute Gasteiger partial charge is 0.0861 e. The molecule has 86 valence electrons. The van der Waals surface area contributed by atoms with Gasteiger partial charge < -0.3 is 5.73 Å². The van der Waals surface area contributed by atoms with E-state index in [0.29, 0.717) is 5.02 Å². The number of nitrogens with two attached hydrogens (primary N) is 1. The zero-order valence-corrected chi connectivity index (χ0v) is 10.1. The van der Waals surface area contributed by atoms with Gasteiger partial charge in [0, 0.05) is 10.7 Å². The fourth-order valence-corrected chi connectivity index (χ4v) is 1.47. The summed E-state index contributed by atoms with van der Waals surface area (Å²) in [6.07, 6.45) is 0. The minimum Gasteiger partial charge on any atom is -0.399 e. The lowest BCUT2D eigenvalue weighted by Crippen LogP contribution is -1.86. The molecular weight excluding hydrogens is 234 g/mol. The van der Waals surface area contributed by atoms with Gasteiger partial charge in [0.05, 0.1) is 11.4 Å². The van der Waals surface area contributed by atoms with Gasteiger partial charge in [0.25, 0.3) is 0 Å². The molecule has 17 heavy (non-hydrogen) atoms. The number of aryl methyl sites for hydroxylation is 1. The highest BCUT2D eigenvalue weighted by Gasteiger charge is 1.95. The van der Waals surface area contributed by atoms with Crippen LogP contribution in [-0.2, 0) is 0 Å². The van der Waals surface area contributed by atoms with Crippen molar-refractivity contribution >= 4 is 28.7 Å². The van der Waals surface area contributed by atoms with Crippen molar-refractivity contribution in [3.8, 4) is 0 Å². The summed E-state index contributed by atoms with van der Waals surface area (Å²) >= 11 is 5.78. The fraction of sp³-hybridized carbons (Fsp3) is 0.0769. The summed E-state index contributed by atoms with van der Waals surface area (Å²) < 4.78 is 0. The lowest BCUT2D eigenvalue weighted by atomic mass is 10.2. The van der Waals surface area contributed by atoms with Crippen LogP contribution in [0, 0.1) is 6.92 Å². The van der Waals surface area contributed by atoms with Crippen LogP contribution in [0.4, 0.5) is 17.1 Å². The number of benzene rings is 2. The third kappa shape index (κ3) is 3.04. The number of azo groups is 1. The normalized spacial score (nSPS) is 10.9. The van der Waals surface area contributed by atoms with Gasteiger partial charge in [-0.3, -0.25) is 0 Å². The molecule has 3 nitrogen and oxygen atoms in total. The number of rotatable bonds is 2. The average Bonchev–Trinajstić information content (AvgIpc) is 2.33. The second-order valence-electron chi connectivity index (χ2n) is 3.72. The van der Waals surface area contributed by atoms with Gasteiger partial charge in [0.2, 0.25) is 0 Å². The first-order valence-corrected chi connectivity index (χ1v) is 5.56. The molecule has 4 heteroatoms. The Labute approximate surface area is 105 Å². The zero-order valence-electron chi connectivity index (χ0n) is 9.39. The molecule has 0 radical (unpaired) electrons. The molecule has 0 atom stereocenters. The fourth-order valence-electron chi connectivity index (χ4n) is 1.35. The van der Waals surface area contributed by atoms with Gasteiger partial charge in [0.15, 0.2) is 0 Å². The highest BCUT2D eigenvalue weighted by molar-refractivity contribution is 6.30. The Morgan fingerprint density at radius 1 is 0.941 bits per heavy atom. The molecule has 0 aliphatic heterocycles. The molecule has 0 amide bonds. The van der Waals surface area contributed by atoms with E-state index in [9.17, 15) is 0 Å². The summed E-state index contributed by atoms with van der Waals surface area (Å²) in [5.41, 5.74) is 9.03. The first kappa shape index (κ1) is 11.6. The Balaban J connectivity index is 2.20. The van der Waals surface area contributed by atoms with Gasteiger partial charge in [0.1, 0.15) is 0 Å². The van der Waals surface area contributed by atoms with Crippen molar-refractivity contribution in [2.24, 2.45) is 10.2 Å². The highest BCUT2D eigenvalue weighted by atomic mass is 35.5. The second kappa shape index (κ2) is 4.97. The Bertz CT molecular complexity index is 547. The van der Waals surface area contributed by atoms with E-state index < -0.39 is 0 Å². The summed E-state index contributed by atoms with van der Waals surface area (Å²) in [6.45, 7) is 1.94. The first-order chi connectivity index (χ1) is 8.15. The Kier molecular flexibility index (Phi) is 3.40. The summed E-state index contributed by atoms with van der Waals surface area (Å²) in [5, 5.41) is 8.94. The van der Waals surface area contributed by atoms with Gasteiger partial charge in [-0.15, -0.1) is 0 Å². The molecule has 2 aromatic rings. The van der Waals surface area contributed by atoms with Crippen LogP contribution < -0.4 is 5.73 Å². The minimum atomic E-state index is 0.687. The Morgan fingerprint density at radius 2 is 1.53 bits per heavy atom. The van der Waals surface area contributed by atoms with E-state index in [2.05, 4.69) is 10.2 Å². The van der Waals surface area contributed by atoms with E-state index in [1.54, 1.807) is 12.1 Å². The van der Waals surface area contributed by atoms with Crippen LogP contribution in [-0.4, -0.2) is 0 Å². The van der Waals surface area contributed by atoms with Crippen molar-refractivity contribution in [2.45, 2.75) is 6.92 Å². The number of hydrogen-bond donors (Lipinski definition) is 1. The number of hydrogen-bond acceptors (Lipinski definition) is 3. The van der Waals surface area contributed by atoms with Gasteiger partial charge in [-0.2, -0.15) is 10.2 Å². The molecular formula is C13H12ClN3. The largest absolute Gasteiger partial charge is 0.399 e. The molecule has 2 rings (SSSR count). The molecule has 0 bridgehead atoms. The van der Waals surface area contributed by atoms with Crippen LogP contribution in [0.15, 0.2) is 52.7 Å². The van der Waals surface area contributed by atoms with Crippen molar-refractivity contribution in [2.75, 3.05) is 5.73 Å². The van der Waals surface area contributed by atoms with Gasteiger partial charge in [-0.25, -0.2) is 0 Å². The van der Waals surface area contributed by atoms with Gasteiger partial charge in [-0.1, -0.05) is 11.6 Å². The van der Waals surface area contributed by atoms with E-state index in [1.165, 1.54) is 0 Å². The van der Waals surface area contributed by atoms with Crippen LogP contribution in [0.5, 0.6) is 0 Å².